The Morgan fingerprint density at radius 2 is 1.79 bits per heavy atom. The summed E-state index contributed by atoms with van der Waals surface area (Å²) in [6, 6.07) is 14.4. The van der Waals surface area contributed by atoms with Crippen molar-refractivity contribution in [1.82, 2.24) is 15.0 Å². The molecule has 0 saturated carbocycles. The predicted octanol–water partition coefficient (Wildman–Crippen LogP) is 4.58. The zero-order valence-electron chi connectivity index (χ0n) is 23.3. The first-order chi connectivity index (χ1) is 20.4. The van der Waals surface area contributed by atoms with Crippen LogP contribution in [0.2, 0.25) is 0 Å². The molecule has 4 aromatic rings. The number of anilines is 3. The van der Waals surface area contributed by atoms with Crippen molar-refractivity contribution in [2.45, 2.75) is 13.8 Å². The molecule has 1 heterocycles. The second-order valence-electron chi connectivity index (χ2n) is 9.22. The van der Waals surface area contributed by atoms with Gasteiger partial charge in [-0.1, -0.05) is 17.7 Å². The molecule has 0 radical (unpaired) electrons. The summed E-state index contributed by atoms with van der Waals surface area (Å²) in [5, 5.41) is 23.6. The largest absolute Gasteiger partial charge is 0.505 e. The molecular formula is C26H28FN7O7S2. The number of phenolic OH excluding ortho intramolecular Hbond substituents is 1. The van der Waals surface area contributed by atoms with Gasteiger partial charge in [0.25, 0.3) is 0 Å². The highest BCUT2D eigenvalue weighted by atomic mass is 32.3. The summed E-state index contributed by atoms with van der Waals surface area (Å²) in [4.78, 5) is 13.0. The predicted molar refractivity (Wildman–Crippen MR) is 159 cm³/mol. The fourth-order valence-electron chi connectivity index (χ4n) is 3.77. The highest BCUT2D eigenvalue weighted by molar-refractivity contribution is 7.81. The van der Waals surface area contributed by atoms with Gasteiger partial charge in [-0.2, -0.15) is 32.9 Å². The number of azo groups is 1. The number of benzene rings is 3. The van der Waals surface area contributed by atoms with Crippen molar-refractivity contribution in [1.29, 1.82) is 0 Å². The minimum absolute atomic E-state index is 0.0279. The monoisotopic (exact) mass is 633 g/mol. The van der Waals surface area contributed by atoms with Gasteiger partial charge in [-0.3, -0.25) is 8.74 Å². The van der Waals surface area contributed by atoms with E-state index in [1.54, 1.807) is 32.2 Å². The molecule has 0 bridgehead atoms. The molecule has 4 rings (SSSR count). The SMILES string of the molecule is Cc1ccc(N=Nc2c(C)cc3cc(Nc4nc(F)nc(N(C)CCS(=O)OCCOS(=O)(=O)O)n4)ccc3c2O)cc1. The topological polar surface area (TPSA) is 189 Å². The summed E-state index contributed by atoms with van der Waals surface area (Å²) in [6.07, 6.45) is -1.04. The number of halogens is 1. The van der Waals surface area contributed by atoms with E-state index in [0.29, 0.717) is 33.4 Å². The summed E-state index contributed by atoms with van der Waals surface area (Å²) in [7, 11) is -3.06. The summed E-state index contributed by atoms with van der Waals surface area (Å²) < 4.78 is 64.8. The van der Waals surface area contributed by atoms with E-state index in [9.17, 15) is 22.1 Å². The van der Waals surface area contributed by atoms with E-state index < -0.39 is 34.2 Å². The summed E-state index contributed by atoms with van der Waals surface area (Å²) in [5.74, 6) is -0.198. The number of nitrogens with zero attached hydrogens (tertiary/aromatic N) is 6. The summed E-state index contributed by atoms with van der Waals surface area (Å²) in [6.45, 7) is 3.02. The van der Waals surface area contributed by atoms with E-state index >= 15 is 0 Å². The van der Waals surface area contributed by atoms with Gasteiger partial charge in [-0.15, -0.1) is 5.11 Å². The summed E-state index contributed by atoms with van der Waals surface area (Å²) in [5.41, 5.74) is 3.31. The molecule has 1 atom stereocenters. The number of aromatic nitrogens is 3. The number of nitrogens with one attached hydrogen (secondary N) is 1. The molecule has 1 unspecified atom stereocenters. The maximum Gasteiger partial charge on any atom is 0.397 e. The van der Waals surface area contributed by atoms with E-state index in [1.807, 2.05) is 37.3 Å². The standard InChI is InChI=1S/C26H28FN7O7S2/c1-16-4-6-19(7-5-16)32-33-22-17(2)14-18-15-20(8-9-21(18)23(22)35)28-25-29-24(27)30-26(31-25)34(3)10-13-42(36)40-11-12-41-43(37,38)39/h4-9,14-15,35H,10-13H2,1-3H3,(H,37,38,39)(H,28,29,30,31). The third-order valence-electron chi connectivity index (χ3n) is 5.89. The number of hydrogen-bond donors (Lipinski definition) is 3. The lowest BCUT2D eigenvalue weighted by atomic mass is 10.0. The lowest BCUT2D eigenvalue weighted by molar-refractivity contribution is 0.212. The van der Waals surface area contributed by atoms with Crippen molar-refractivity contribution in [3.8, 4) is 5.75 Å². The molecule has 228 valence electrons. The highest BCUT2D eigenvalue weighted by Gasteiger charge is 2.15. The van der Waals surface area contributed by atoms with E-state index in [0.717, 1.165) is 5.56 Å². The third kappa shape index (κ3) is 9.16. The molecule has 1 aromatic heterocycles. The van der Waals surface area contributed by atoms with Crippen LogP contribution in [-0.4, -0.2) is 69.8 Å². The Balaban J connectivity index is 1.43. The van der Waals surface area contributed by atoms with Gasteiger partial charge in [-0.05, 0) is 61.2 Å². The van der Waals surface area contributed by atoms with Gasteiger partial charge in [0, 0.05) is 24.7 Å². The summed E-state index contributed by atoms with van der Waals surface area (Å²) >= 11 is -1.83. The molecule has 0 aliphatic heterocycles. The van der Waals surface area contributed by atoms with E-state index in [1.165, 1.54) is 4.90 Å². The van der Waals surface area contributed by atoms with Gasteiger partial charge >= 0.3 is 16.5 Å². The molecule has 0 saturated heterocycles. The maximum atomic E-state index is 14.3. The Bertz CT molecular complexity index is 1770. The Morgan fingerprint density at radius 1 is 1.05 bits per heavy atom. The van der Waals surface area contributed by atoms with Crippen molar-refractivity contribution in [2.75, 3.05) is 42.8 Å². The fourth-order valence-corrected chi connectivity index (χ4v) is 4.84. The van der Waals surface area contributed by atoms with Gasteiger partial charge in [0.1, 0.15) is 5.69 Å². The van der Waals surface area contributed by atoms with Crippen LogP contribution in [-0.2, 0) is 29.8 Å². The fraction of sp³-hybridized carbons (Fsp3) is 0.269. The number of phenols is 1. The van der Waals surface area contributed by atoms with Crippen molar-refractivity contribution in [2.24, 2.45) is 10.2 Å². The molecule has 0 amide bonds. The van der Waals surface area contributed by atoms with E-state index in [-0.39, 0.29) is 36.6 Å². The van der Waals surface area contributed by atoms with Crippen molar-refractivity contribution < 1.29 is 35.0 Å². The van der Waals surface area contributed by atoms with Gasteiger partial charge < -0.3 is 15.3 Å². The second-order valence-corrected chi connectivity index (χ2v) is 11.6. The first-order valence-corrected chi connectivity index (χ1v) is 15.3. The molecule has 0 fully saturated rings. The number of aromatic hydroxyl groups is 1. The van der Waals surface area contributed by atoms with Gasteiger partial charge in [0.05, 0.1) is 24.7 Å². The zero-order chi connectivity index (χ0) is 31.1. The van der Waals surface area contributed by atoms with Crippen LogP contribution in [0.15, 0.2) is 58.8 Å². The average Bonchev–Trinajstić information content (AvgIpc) is 2.94. The zero-order valence-corrected chi connectivity index (χ0v) is 24.9. The third-order valence-corrected chi connectivity index (χ3v) is 7.30. The van der Waals surface area contributed by atoms with E-state index in [2.05, 4.69) is 34.7 Å². The normalized spacial score (nSPS) is 12.6. The number of hydrogen-bond acceptors (Lipinski definition) is 13. The highest BCUT2D eigenvalue weighted by Crippen LogP contribution is 2.39. The molecule has 0 aliphatic carbocycles. The molecule has 14 nitrogen and oxygen atoms in total. The molecule has 0 aliphatic rings. The molecule has 43 heavy (non-hydrogen) atoms. The van der Waals surface area contributed by atoms with E-state index in [4.69, 9.17) is 8.74 Å². The van der Waals surface area contributed by atoms with Crippen LogP contribution in [0.1, 0.15) is 11.1 Å². The average molecular weight is 634 g/mol. The van der Waals surface area contributed by atoms with Crippen LogP contribution in [0.4, 0.5) is 33.3 Å². The smallest absolute Gasteiger partial charge is 0.397 e. The lowest BCUT2D eigenvalue weighted by Gasteiger charge is -2.17. The first kappa shape index (κ1) is 31.8. The number of fused-ring (bicyclic) bond motifs is 1. The Hall–Kier alpha value is -4.16. The maximum absolute atomic E-state index is 14.3. The first-order valence-electron chi connectivity index (χ1n) is 12.7. The van der Waals surface area contributed by atoms with Crippen molar-refractivity contribution >= 4 is 61.2 Å². The Labute approximate surface area is 249 Å². The molecule has 17 heteroatoms. The van der Waals surface area contributed by atoms with Crippen LogP contribution in [0.25, 0.3) is 10.8 Å². The van der Waals surface area contributed by atoms with Gasteiger partial charge in [0.2, 0.25) is 11.9 Å². The Morgan fingerprint density at radius 3 is 2.51 bits per heavy atom. The second kappa shape index (κ2) is 13.9. The van der Waals surface area contributed by atoms with Crippen LogP contribution < -0.4 is 10.2 Å². The quantitative estimate of drug-likeness (QED) is 0.106. The van der Waals surface area contributed by atoms with Crippen LogP contribution in [0.3, 0.4) is 0 Å². The van der Waals surface area contributed by atoms with Gasteiger partial charge in [0.15, 0.2) is 16.8 Å². The van der Waals surface area contributed by atoms with Gasteiger partial charge in [-0.25, -0.2) is 8.39 Å². The molecular weight excluding hydrogens is 605 g/mol. The Kier molecular flexibility index (Phi) is 10.3. The van der Waals surface area contributed by atoms with Crippen LogP contribution in [0.5, 0.6) is 5.75 Å². The molecule has 3 N–H and O–H groups in total. The van der Waals surface area contributed by atoms with Crippen LogP contribution in [0, 0.1) is 19.9 Å². The number of rotatable bonds is 13. The minimum Gasteiger partial charge on any atom is -0.505 e. The molecule has 0 spiro atoms. The number of aryl methyl sites for hydroxylation is 2. The lowest BCUT2D eigenvalue weighted by Crippen LogP contribution is -2.27. The van der Waals surface area contributed by atoms with Crippen molar-refractivity contribution in [3.05, 3.63) is 65.7 Å². The van der Waals surface area contributed by atoms with Crippen molar-refractivity contribution in [3.63, 3.8) is 0 Å². The minimum atomic E-state index is -4.61. The molecule has 3 aromatic carbocycles. The van der Waals surface area contributed by atoms with Crippen LogP contribution >= 0.6 is 0 Å².